The van der Waals surface area contributed by atoms with Gasteiger partial charge in [0.2, 0.25) is 0 Å². The smallest absolute Gasteiger partial charge is 0.278 e. The van der Waals surface area contributed by atoms with Gasteiger partial charge in [0.25, 0.3) is 5.91 Å². The molecule has 0 aliphatic carbocycles. The Morgan fingerprint density at radius 1 is 1.12 bits per heavy atom. The summed E-state index contributed by atoms with van der Waals surface area (Å²) in [5, 5.41) is 11.2. The summed E-state index contributed by atoms with van der Waals surface area (Å²) in [4.78, 5) is 12.7. The number of carbonyl (C=O) groups is 1. The predicted octanol–water partition coefficient (Wildman–Crippen LogP) is 3.48. The van der Waals surface area contributed by atoms with E-state index in [9.17, 15) is 4.79 Å². The van der Waals surface area contributed by atoms with Crippen LogP contribution in [0.1, 0.15) is 29.5 Å². The monoisotopic (exact) mass is 336 g/mol. The van der Waals surface area contributed by atoms with Crippen LogP contribution in [-0.2, 0) is 6.42 Å². The molecule has 3 aromatic rings. The van der Waals surface area contributed by atoms with Crippen molar-refractivity contribution in [1.29, 1.82) is 0 Å². The molecule has 1 heterocycles. The van der Waals surface area contributed by atoms with Gasteiger partial charge in [-0.2, -0.15) is 0 Å². The molecule has 6 heteroatoms. The summed E-state index contributed by atoms with van der Waals surface area (Å²) in [5.74, 6) is 0.468. The third-order valence-electron chi connectivity index (χ3n) is 3.81. The first-order valence-corrected chi connectivity index (χ1v) is 8.18. The molecule has 0 fully saturated rings. The number of nitrogens with zero attached hydrogens (tertiary/aromatic N) is 3. The maximum Gasteiger partial charge on any atom is 0.278 e. The SMILES string of the molecule is CCCc1c(C(=O)Nc2ccc(OC)cc2)nnn1-c1ccccc1. The van der Waals surface area contributed by atoms with Gasteiger partial charge in [0.05, 0.1) is 18.5 Å². The van der Waals surface area contributed by atoms with Crippen molar-refractivity contribution in [2.45, 2.75) is 19.8 Å². The molecule has 6 nitrogen and oxygen atoms in total. The number of rotatable bonds is 6. The highest BCUT2D eigenvalue weighted by Crippen LogP contribution is 2.18. The van der Waals surface area contributed by atoms with E-state index < -0.39 is 0 Å². The molecule has 1 N–H and O–H groups in total. The zero-order chi connectivity index (χ0) is 17.6. The number of carbonyl (C=O) groups excluding carboxylic acids is 1. The summed E-state index contributed by atoms with van der Waals surface area (Å²) in [6, 6.07) is 16.9. The molecule has 0 aliphatic heterocycles. The number of hydrogen-bond donors (Lipinski definition) is 1. The Labute approximate surface area is 146 Å². The van der Waals surface area contributed by atoms with E-state index in [0.29, 0.717) is 17.8 Å². The summed E-state index contributed by atoms with van der Waals surface area (Å²) in [6.45, 7) is 2.06. The fraction of sp³-hybridized carbons (Fsp3) is 0.211. The standard InChI is InChI=1S/C19H20N4O2/c1-3-7-17-18(21-22-23(17)15-8-5-4-6-9-15)19(24)20-14-10-12-16(25-2)13-11-14/h4-6,8-13H,3,7H2,1-2H3,(H,20,24). The van der Waals surface area contributed by atoms with Crippen LogP contribution in [0.25, 0.3) is 5.69 Å². The van der Waals surface area contributed by atoms with Gasteiger partial charge in [-0.25, -0.2) is 4.68 Å². The molecule has 0 saturated heterocycles. The minimum Gasteiger partial charge on any atom is -0.497 e. The molecule has 0 saturated carbocycles. The Balaban J connectivity index is 1.88. The summed E-state index contributed by atoms with van der Waals surface area (Å²) in [5.41, 5.74) is 2.73. The Bertz CT molecular complexity index is 842. The molecule has 128 valence electrons. The number of aromatic nitrogens is 3. The number of ether oxygens (including phenoxy) is 1. The maximum atomic E-state index is 12.7. The molecule has 2 aromatic carbocycles. The topological polar surface area (TPSA) is 69.0 Å². The molecule has 1 amide bonds. The van der Waals surface area contributed by atoms with Crippen molar-refractivity contribution >= 4 is 11.6 Å². The number of amides is 1. The molecule has 0 radical (unpaired) electrons. The van der Waals surface area contributed by atoms with E-state index in [1.165, 1.54) is 0 Å². The lowest BCUT2D eigenvalue weighted by Gasteiger charge is -2.08. The number of hydrogen-bond acceptors (Lipinski definition) is 4. The van der Waals surface area contributed by atoms with Gasteiger partial charge in [-0.1, -0.05) is 36.8 Å². The Kier molecular flexibility index (Phi) is 5.09. The summed E-state index contributed by atoms with van der Waals surface area (Å²) in [7, 11) is 1.60. The van der Waals surface area contributed by atoms with Gasteiger partial charge < -0.3 is 10.1 Å². The Morgan fingerprint density at radius 3 is 2.48 bits per heavy atom. The van der Waals surface area contributed by atoms with Gasteiger partial charge in [-0.15, -0.1) is 5.10 Å². The molecule has 0 atom stereocenters. The highest BCUT2D eigenvalue weighted by molar-refractivity contribution is 6.03. The average molecular weight is 336 g/mol. The highest BCUT2D eigenvalue weighted by atomic mass is 16.5. The number of benzene rings is 2. The van der Waals surface area contributed by atoms with E-state index in [2.05, 4.69) is 22.6 Å². The fourth-order valence-corrected chi connectivity index (χ4v) is 2.58. The van der Waals surface area contributed by atoms with Crippen molar-refractivity contribution in [2.24, 2.45) is 0 Å². The van der Waals surface area contributed by atoms with E-state index in [0.717, 1.165) is 23.6 Å². The zero-order valence-electron chi connectivity index (χ0n) is 14.3. The Morgan fingerprint density at radius 2 is 1.84 bits per heavy atom. The first kappa shape index (κ1) is 16.7. The lowest BCUT2D eigenvalue weighted by atomic mass is 10.2. The maximum absolute atomic E-state index is 12.7. The molecule has 25 heavy (non-hydrogen) atoms. The van der Waals surface area contributed by atoms with Crippen LogP contribution in [0.4, 0.5) is 5.69 Å². The van der Waals surface area contributed by atoms with Crippen molar-refractivity contribution in [3.05, 3.63) is 66.0 Å². The van der Waals surface area contributed by atoms with Crippen molar-refractivity contribution in [1.82, 2.24) is 15.0 Å². The first-order chi connectivity index (χ1) is 12.2. The average Bonchev–Trinajstić information content (AvgIpc) is 3.07. The molecule has 0 spiro atoms. The number of anilines is 1. The lowest BCUT2D eigenvalue weighted by molar-refractivity contribution is 0.102. The second kappa shape index (κ2) is 7.61. The van der Waals surface area contributed by atoms with Crippen LogP contribution < -0.4 is 10.1 Å². The van der Waals surface area contributed by atoms with Gasteiger partial charge in [-0.05, 0) is 42.8 Å². The van der Waals surface area contributed by atoms with Gasteiger partial charge in [-0.3, -0.25) is 4.79 Å². The molecule has 0 aliphatic rings. The molecule has 0 bridgehead atoms. The second-order valence-electron chi connectivity index (χ2n) is 5.56. The van der Waals surface area contributed by atoms with Gasteiger partial charge in [0.1, 0.15) is 5.75 Å². The zero-order valence-corrected chi connectivity index (χ0v) is 14.3. The van der Waals surface area contributed by atoms with Crippen LogP contribution in [0.5, 0.6) is 5.75 Å². The summed E-state index contributed by atoms with van der Waals surface area (Å²) >= 11 is 0. The molecule has 3 rings (SSSR count). The Hall–Kier alpha value is -3.15. The van der Waals surface area contributed by atoms with E-state index in [1.807, 2.05) is 30.3 Å². The predicted molar refractivity (Wildman–Crippen MR) is 96.3 cm³/mol. The van der Waals surface area contributed by atoms with Gasteiger partial charge in [0.15, 0.2) is 5.69 Å². The number of nitrogens with one attached hydrogen (secondary N) is 1. The van der Waals surface area contributed by atoms with Crippen molar-refractivity contribution in [3.63, 3.8) is 0 Å². The van der Waals surface area contributed by atoms with E-state index in [1.54, 1.807) is 36.1 Å². The number of methoxy groups -OCH3 is 1. The van der Waals surface area contributed by atoms with E-state index >= 15 is 0 Å². The molecular formula is C19H20N4O2. The summed E-state index contributed by atoms with van der Waals surface area (Å²) in [6.07, 6.45) is 1.61. The quantitative estimate of drug-likeness (QED) is 0.748. The largest absolute Gasteiger partial charge is 0.497 e. The van der Waals surface area contributed by atoms with Crippen LogP contribution in [0.2, 0.25) is 0 Å². The third-order valence-corrected chi connectivity index (χ3v) is 3.81. The van der Waals surface area contributed by atoms with E-state index in [4.69, 9.17) is 4.74 Å². The van der Waals surface area contributed by atoms with Gasteiger partial charge in [0, 0.05) is 5.69 Å². The third kappa shape index (κ3) is 3.68. The highest BCUT2D eigenvalue weighted by Gasteiger charge is 2.20. The van der Waals surface area contributed by atoms with Crippen molar-refractivity contribution in [3.8, 4) is 11.4 Å². The van der Waals surface area contributed by atoms with Crippen LogP contribution in [0.15, 0.2) is 54.6 Å². The lowest BCUT2D eigenvalue weighted by Crippen LogP contribution is -2.15. The van der Waals surface area contributed by atoms with Crippen molar-refractivity contribution in [2.75, 3.05) is 12.4 Å². The second-order valence-corrected chi connectivity index (χ2v) is 5.56. The molecule has 0 unspecified atom stereocenters. The van der Waals surface area contributed by atoms with Gasteiger partial charge >= 0.3 is 0 Å². The summed E-state index contributed by atoms with van der Waals surface area (Å²) < 4.78 is 6.85. The minimum atomic E-state index is -0.268. The minimum absolute atomic E-state index is 0.268. The van der Waals surface area contributed by atoms with Crippen LogP contribution in [0, 0.1) is 0 Å². The van der Waals surface area contributed by atoms with Crippen LogP contribution in [0.3, 0.4) is 0 Å². The van der Waals surface area contributed by atoms with Crippen LogP contribution in [-0.4, -0.2) is 28.0 Å². The first-order valence-electron chi connectivity index (χ1n) is 8.18. The normalized spacial score (nSPS) is 10.5. The molecule has 1 aromatic heterocycles. The van der Waals surface area contributed by atoms with Crippen LogP contribution >= 0.6 is 0 Å². The van der Waals surface area contributed by atoms with Crippen molar-refractivity contribution < 1.29 is 9.53 Å². The molecular weight excluding hydrogens is 316 g/mol. The van der Waals surface area contributed by atoms with E-state index in [-0.39, 0.29) is 5.91 Å². The number of para-hydroxylation sites is 1. The fourth-order valence-electron chi connectivity index (χ4n) is 2.58.